The molecule has 0 amide bonds. The van der Waals surface area contributed by atoms with E-state index in [1.165, 1.54) is 6.42 Å². The van der Waals surface area contributed by atoms with Crippen LogP contribution in [0, 0.1) is 5.92 Å². The van der Waals surface area contributed by atoms with Crippen LogP contribution in [-0.4, -0.2) is 29.8 Å². The molecule has 0 N–H and O–H groups in total. The first-order chi connectivity index (χ1) is 6.24. The molecule has 0 aromatic carbocycles. The van der Waals surface area contributed by atoms with Gasteiger partial charge in [0.2, 0.25) is 0 Å². The molecule has 0 aromatic heterocycles. The lowest BCUT2D eigenvalue weighted by Crippen LogP contribution is -2.39. The van der Waals surface area contributed by atoms with Gasteiger partial charge in [-0.3, -0.25) is 9.69 Å². The summed E-state index contributed by atoms with van der Waals surface area (Å²) in [6, 6.07) is 0.236. The number of likely N-dealkylation sites (N-methyl/N-ethyl adjacent to an activating group) is 1. The van der Waals surface area contributed by atoms with Crippen molar-refractivity contribution >= 4 is 5.78 Å². The summed E-state index contributed by atoms with van der Waals surface area (Å²) in [6.07, 6.45) is 3.05. The highest BCUT2D eigenvalue weighted by molar-refractivity contribution is 5.84. The second-order valence-electron chi connectivity index (χ2n) is 3.85. The topological polar surface area (TPSA) is 20.3 Å². The summed E-state index contributed by atoms with van der Waals surface area (Å²) in [6.45, 7) is 8.45. The van der Waals surface area contributed by atoms with E-state index in [1.54, 1.807) is 0 Å². The van der Waals surface area contributed by atoms with Gasteiger partial charge in [-0.15, -0.1) is 0 Å². The summed E-state index contributed by atoms with van der Waals surface area (Å²) in [5.74, 6) is 1.05. The molecule has 1 saturated heterocycles. The molecule has 0 aliphatic carbocycles. The molecule has 2 heteroatoms. The summed E-state index contributed by atoms with van der Waals surface area (Å²) in [4.78, 5) is 14.0. The third kappa shape index (κ3) is 2.11. The van der Waals surface area contributed by atoms with Crippen molar-refractivity contribution in [3.8, 4) is 0 Å². The second kappa shape index (κ2) is 4.75. The van der Waals surface area contributed by atoms with E-state index in [-0.39, 0.29) is 6.04 Å². The Morgan fingerprint density at radius 2 is 2.08 bits per heavy atom. The fourth-order valence-corrected chi connectivity index (χ4v) is 2.38. The van der Waals surface area contributed by atoms with Crippen LogP contribution in [0.2, 0.25) is 0 Å². The molecule has 13 heavy (non-hydrogen) atoms. The molecule has 1 aliphatic rings. The first-order valence-electron chi connectivity index (χ1n) is 5.51. The first kappa shape index (κ1) is 10.7. The number of likely N-dealkylation sites (tertiary alicyclic amines) is 1. The number of Topliss-reactive ketones (excluding diaryl/α,β-unsaturated/α-hetero) is 1. The van der Waals surface area contributed by atoms with E-state index >= 15 is 0 Å². The zero-order chi connectivity index (χ0) is 9.84. The van der Waals surface area contributed by atoms with Crippen LogP contribution < -0.4 is 0 Å². The molecular formula is C11H21NO. The lowest BCUT2D eigenvalue weighted by atomic mass is 9.93. The van der Waals surface area contributed by atoms with Crippen LogP contribution >= 0.6 is 0 Å². The van der Waals surface area contributed by atoms with Gasteiger partial charge in [0.1, 0.15) is 5.78 Å². The van der Waals surface area contributed by atoms with Crippen LogP contribution in [0.5, 0.6) is 0 Å². The van der Waals surface area contributed by atoms with Gasteiger partial charge in [0.25, 0.3) is 0 Å². The third-order valence-corrected chi connectivity index (χ3v) is 3.24. The van der Waals surface area contributed by atoms with Gasteiger partial charge in [-0.2, -0.15) is 0 Å². The lowest BCUT2D eigenvalue weighted by molar-refractivity contribution is -0.124. The third-order valence-electron chi connectivity index (χ3n) is 3.24. The summed E-state index contributed by atoms with van der Waals surface area (Å²) < 4.78 is 0. The Morgan fingerprint density at radius 1 is 1.38 bits per heavy atom. The van der Waals surface area contributed by atoms with E-state index in [0.29, 0.717) is 18.1 Å². The Hall–Kier alpha value is -0.370. The lowest BCUT2D eigenvalue weighted by Gasteiger charge is -2.24. The maximum absolute atomic E-state index is 11.7. The highest BCUT2D eigenvalue weighted by Gasteiger charge is 2.35. The predicted octanol–water partition coefficient (Wildman–Crippen LogP) is 2.09. The molecule has 1 aliphatic heterocycles. The molecule has 0 spiro atoms. The van der Waals surface area contributed by atoms with Gasteiger partial charge >= 0.3 is 0 Å². The van der Waals surface area contributed by atoms with E-state index in [0.717, 1.165) is 19.5 Å². The van der Waals surface area contributed by atoms with Crippen molar-refractivity contribution < 1.29 is 4.79 Å². The van der Waals surface area contributed by atoms with Gasteiger partial charge in [0.05, 0.1) is 6.04 Å². The van der Waals surface area contributed by atoms with E-state index in [1.807, 2.05) is 6.92 Å². The first-order valence-corrected chi connectivity index (χ1v) is 5.51. The maximum Gasteiger partial charge on any atom is 0.149 e. The van der Waals surface area contributed by atoms with Gasteiger partial charge in [-0.1, -0.05) is 27.2 Å². The number of rotatable bonds is 4. The number of nitrogens with zero attached hydrogens (tertiary/aromatic N) is 1. The van der Waals surface area contributed by atoms with Crippen LogP contribution in [-0.2, 0) is 4.79 Å². The van der Waals surface area contributed by atoms with E-state index in [2.05, 4.69) is 18.7 Å². The SMILES string of the molecule is CCC(=O)C1C(CC)CCN1CC. The number of carbonyl (C=O) groups is 1. The molecule has 0 aromatic rings. The number of ketones is 1. The highest BCUT2D eigenvalue weighted by Crippen LogP contribution is 2.27. The Kier molecular flexibility index (Phi) is 3.91. The van der Waals surface area contributed by atoms with Crippen LogP contribution in [0.25, 0.3) is 0 Å². The normalized spacial score (nSPS) is 29.5. The minimum Gasteiger partial charge on any atom is -0.298 e. The number of hydrogen-bond donors (Lipinski definition) is 0. The average Bonchev–Trinajstić information content (AvgIpc) is 2.59. The Morgan fingerprint density at radius 3 is 2.54 bits per heavy atom. The van der Waals surface area contributed by atoms with Crippen molar-refractivity contribution in [1.29, 1.82) is 0 Å². The molecule has 2 unspecified atom stereocenters. The molecule has 0 radical (unpaired) electrons. The summed E-state index contributed by atoms with van der Waals surface area (Å²) in [5, 5.41) is 0. The van der Waals surface area contributed by atoms with Gasteiger partial charge in [0.15, 0.2) is 0 Å². The van der Waals surface area contributed by atoms with Crippen molar-refractivity contribution in [3.63, 3.8) is 0 Å². The molecular weight excluding hydrogens is 162 g/mol. The van der Waals surface area contributed by atoms with Gasteiger partial charge < -0.3 is 0 Å². The van der Waals surface area contributed by atoms with Crippen molar-refractivity contribution in [2.24, 2.45) is 5.92 Å². The minimum atomic E-state index is 0.236. The van der Waals surface area contributed by atoms with Crippen molar-refractivity contribution in [2.75, 3.05) is 13.1 Å². The molecule has 1 fully saturated rings. The number of hydrogen-bond acceptors (Lipinski definition) is 2. The average molecular weight is 183 g/mol. The Bertz CT molecular complexity index is 167. The molecule has 0 bridgehead atoms. The smallest absolute Gasteiger partial charge is 0.149 e. The van der Waals surface area contributed by atoms with Crippen LogP contribution in [0.15, 0.2) is 0 Å². The minimum absolute atomic E-state index is 0.236. The van der Waals surface area contributed by atoms with Gasteiger partial charge in [-0.05, 0) is 25.4 Å². The Labute approximate surface area is 81.3 Å². The summed E-state index contributed by atoms with van der Waals surface area (Å²) in [7, 11) is 0. The summed E-state index contributed by atoms with van der Waals surface area (Å²) >= 11 is 0. The van der Waals surface area contributed by atoms with Crippen LogP contribution in [0.1, 0.15) is 40.0 Å². The number of carbonyl (C=O) groups excluding carboxylic acids is 1. The molecule has 1 heterocycles. The van der Waals surface area contributed by atoms with Gasteiger partial charge in [0, 0.05) is 6.42 Å². The zero-order valence-electron chi connectivity index (χ0n) is 9.05. The van der Waals surface area contributed by atoms with Gasteiger partial charge in [-0.25, -0.2) is 0 Å². The predicted molar refractivity (Wildman–Crippen MR) is 54.7 cm³/mol. The van der Waals surface area contributed by atoms with E-state index in [4.69, 9.17) is 0 Å². The zero-order valence-corrected chi connectivity index (χ0v) is 9.05. The van der Waals surface area contributed by atoms with Crippen molar-refractivity contribution in [3.05, 3.63) is 0 Å². The van der Waals surface area contributed by atoms with E-state index in [9.17, 15) is 4.79 Å². The molecule has 2 atom stereocenters. The highest BCUT2D eigenvalue weighted by atomic mass is 16.1. The van der Waals surface area contributed by atoms with E-state index < -0.39 is 0 Å². The Balaban J connectivity index is 2.67. The van der Waals surface area contributed by atoms with Crippen LogP contribution in [0.3, 0.4) is 0 Å². The van der Waals surface area contributed by atoms with Crippen molar-refractivity contribution in [2.45, 2.75) is 46.1 Å². The van der Waals surface area contributed by atoms with Crippen molar-refractivity contribution in [1.82, 2.24) is 4.90 Å². The molecule has 76 valence electrons. The summed E-state index contributed by atoms with van der Waals surface area (Å²) in [5.41, 5.74) is 0. The largest absolute Gasteiger partial charge is 0.298 e. The molecule has 1 rings (SSSR count). The standard InChI is InChI=1S/C11H21NO/c1-4-9-7-8-12(6-3)11(9)10(13)5-2/h9,11H,4-8H2,1-3H3. The quantitative estimate of drug-likeness (QED) is 0.665. The maximum atomic E-state index is 11.7. The molecule has 0 saturated carbocycles. The van der Waals surface area contributed by atoms with Crippen LogP contribution in [0.4, 0.5) is 0 Å². The fourth-order valence-electron chi connectivity index (χ4n) is 2.38. The monoisotopic (exact) mass is 183 g/mol. The fraction of sp³-hybridized carbons (Fsp3) is 0.909. The molecule has 2 nitrogen and oxygen atoms in total. The second-order valence-corrected chi connectivity index (χ2v) is 3.85.